The molecular weight excluding hydrogens is 338 g/mol. The molecule has 0 spiro atoms. The van der Waals surface area contributed by atoms with E-state index in [1.807, 2.05) is 36.4 Å². The van der Waals surface area contributed by atoms with Crippen LogP contribution < -0.4 is 0 Å². The van der Waals surface area contributed by atoms with Gasteiger partial charge < -0.3 is 4.74 Å². The molecule has 0 fully saturated rings. The molecule has 0 aromatic heterocycles. The van der Waals surface area contributed by atoms with Gasteiger partial charge in [-0.2, -0.15) is 0 Å². The predicted molar refractivity (Wildman–Crippen MR) is 97.8 cm³/mol. The van der Waals surface area contributed by atoms with E-state index in [0.717, 1.165) is 9.87 Å². The largest absolute Gasteiger partial charge is 0.458 e. The SMILES string of the molecule is Cc1ccc(S(=O)(=O)N(C)C)cc1C(=O)OC/C=C/c1ccccc1. The van der Waals surface area contributed by atoms with Crippen molar-refractivity contribution in [2.45, 2.75) is 11.8 Å². The van der Waals surface area contributed by atoms with E-state index >= 15 is 0 Å². The molecule has 0 N–H and O–H groups in total. The number of aryl methyl sites for hydroxylation is 1. The molecule has 0 bridgehead atoms. The summed E-state index contributed by atoms with van der Waals surface area (Å²) in [7, 11) is -0.707. The molecule has 2 aromatic carbocycles. The molecule has 132 valence electrons. The summed E-state index contributed by atoms with van der Waals surface area (Å²) >= 11 is 0. The first kappa shape index (κ1) is 18.9. The lowest BCUT2D eigenvalue weighted by Crippen LogP contribution is -2.22. The first-order valence-corrected chi connectivity index (χ1v) is 9.18. The number of rotatable bonds is 6. The zero-order valence-electron chi connectivity index (χ0n) is 14.5. The highest BCUT2D eigenvalue weighted by Gasteiger charge is 2.20. The molecule has 0 amide bonds. The molecule has 0 aliphatic carbocycles. The Labute approximate surface area is 148 Å². The third kappa shape index (κ3) is 4.78. The molecule has 2 aromatic rings. The highest BCUT2D eigenvalue weighted by Crippen LogP contribution is 2.19. The Morgan fingerprint density at radius 1 is 1.12 bits per heavy atom. The van der Waals surface area contributed by atoms with Crippen LogP contribution in [0.2, 0.25) is 0 Å². The van der Waals surface area contributed by atoms with Crippen LogP contribution in [-0.4, -0.2) is 39.4 Å². The van der Waals surface area contributed by atoms with Crippen molar-refractivity contribution in [3.8, 4) is 0 Å². The Bertz CT molecular complexity index is 872. The Hall–Kier alpha value is -2.44. The van der Waals surface area contributed by atoms with E-state index in [1.54, 1.807) is 19.1 Å². The normalized spacial score (nSPS) is 11.8. The number of esters is 1. The number of ether oxygens (including phenoxy) is 1. The van der Waals surface area contributed by atoms with Crippen LogP contribution in [0, 0.1) is 6.92 Å². The number of hydrogen-bond donors (Lipinski definition) is 0. The van der Waals surface area contributed by atoms with Crippen molar-refractivity contribution in [2.24, 2.45) is 0 Å². The van der Waals surface area contributed by atoms with Gasteiger partial charge in [0.15, 0.2) is 0 Å². The molecule has 2 rings (SSSR count). The molecular formula is C19H21NO4S. The molecule has 0 radical (unpaired) electrons. The third-order valence-electron chi connectivity index (χ3n) is 3.63. The molecule has 0 saturated heterocycles. The van der Waals surface area contributed by atoms with Gasteiger partial charge >= 0.3 is 5.97 Å². The number of sulfonamides is 1. The summed E-state index contributed by atoms with van der Waals surface area (Å²) in [6.45, 7) is 1.85. The number of carbonyl (C=O) groups excluding carboxylic acids is 1. The van der Waals surface area contributed by atoms with E-state index in [1.165, 1.54) is 26.2 Å². The second-order valence-electron chi connectivity index (χ2n) is 5.68. The average Bonchev–Trinajstić information content (AvgIpc) is 2.59. The zero-order valence-corrected chi connectivity index (χ0v) is 15.3. The minimum absolute atomic E-state index is 0.0647. The van der Waals surface area contributed by atoms with E-state index in [0.29, 0.717) is 5.56 Å². The van der Waals surface area contributed by atoms with E-state index in [-0.39, 0.29) is 17.1 Å². The lowest BCUT2D eigenvalue weighted by atomic mass is 10.1. The van der Waals surface area contributed by atoms with E-state index in [9.17, 15) is 13.2 Å². The van der Waals surface area contributed by atoms with Gasteiger partial charge in [-0.15, -0.1) is 0 Å². The van der Waals surface area contributed by atoms with Crippen LogP contribution in [0.25, 0.3) is 6.08 Å². The van der Waals surface area contributed by atoms with E-state index < -0.39 is 16.0 Å². The second-order valence-corrected chi connectivity index (χ2v) is 7.83. The van der Waals surface area contributed by atoms with Gasteiger partial charge in [0.05, 0.1) is 10.5 Å². The van der Waals surface area contributed by atoms with Crippen molar-refractivity contribution in [1.82, 2.24) is 4.31 Å². The smallest absolute Gasteiger partial charge is 0.338 e. The van der Waals surface area contributed by atoms with Gasteiger partial charge in [0.1, 0.15) is 6.61 Å². The van der Waals surface area contributed by atoms with Crippen molar-refractivity contribution in [3.05, 3.63) is 71.3 Å². The fourth-order valence-corrected chi connectivity index (χ4v) is 3.07. The molecule has 0 saturated carbocycles. The van der Waals surface area contributed by atoms with Crippen molar-refractivity contribution in [3.63, 3.8) is 0 Å². The van der Waals surface area contributed by atoms with Crippen molar-refractivity contribution in [2.75, 3.05) is 20.7 Å². The molecule has 0 aliphatic rings. The Morgan fingerprint density at radius 2 is 1.80 bits per heavy atom. The maximum atomic E-state index is 12.3. The summed E-state index contributed by atoms with van der Waals surface area (Å²) in [5.41, 5.74) is 1.92. The third-order valence-corrected chi connectivity index (χ3v) is 5.44. The summed E-state index contributed by atoms with van der Waals surface area (Å²) in [6, 6.07) is 14.1. The van der Waals surface area contributed by atoms with Gasteiger partial charge in [0.2, 0.25) is 10.0 Å². The summed E-state index contributed by atoms with van der Waals surface area (Å²) in [6.07, 6.45) is 3.59. The molecule has 0 heterocycles. The van der Waals surface area contributed by atoms with Crippen molar-refractivity contribution in [1.29, 1.82) is 0 Å². The van der Waals surface area contributed by atoms with Gasteiger partial charge in [0, 0.05) is 14.1 Å². The summed E-state index contributed by atoms with van der Waals surface area (Å²) < 4.78 is 30.7. The Morgan fingerprint density at radius 3 is 2.44 bits per heavy atom. The minimum atomic E-state index is -3.60. The van der Waals surface area contributed by atoms with Crippen LogP contribution in [0.5, 0.6) is 0 Å². The van der Waals surface area contributed by atoms with Crippen LogP contribution >= 0.6 is 0 Å². The highest BCUT2D eigenvalue weighted by atomic mass is 32.2. The van der Waals surface area contributed by atoms with Crippen molar-refractivity contribution >= 4 is 22.1 Å². The van der Waals surface area contributed by atoms with Crippen LogP contribution in [-0.2, 0) is 14.8 Å². The van der Waals surface area contributed by atoms with Crippen LogP contribution in [0.3, 0.4) is 0 Å². The standard InChI is InChI=1S/C19H21NO4S/c1-15-11-12-17(25(22,23)20(2)3)14-18(15)19(21)24-13-7-10-16-8-5-4-6-9-16/h4-12,14H,13H2,1-3H3/b10-7+. The monoisotopic (exact) mass is 359 g/mol. The Kier molecular flexibility index (Phi) is 6.12. The number of nitrogens with zero attached hydrogens (tertiary/aromatic N) is 1. The molecule has 0 aliphatic heterocycles. The predicted octanol–water partition coefficient (Wildman–Crippen LogP) is 3.12. The van der Waals surface area contributed by atoms with Gasteiger partial charge in [-0.1, -0.05) is 42.5 Å². The van der Waals surface area contributed by atoms with E-state index in [4.69, 9.17) is 4.74 Å². The maximum absolute atomic E-state index is 12.3. The lowest BCUT2D eigenvalue weighted by molar-refractivity contribution is 0.0549. The lowest BCUT2D eigenvalue weighted by Gasteiger charge is -2.13. The average molecular weight is 359 g/mol. The van der Waals surface area contributed by atoms with Crippen LogP contribution in [0.1, 0.15) is 21.5 Å². The molecule has 0 unspecified atom stereocenters. The fraction of sp³-hybridized carbons (Fsp3) is 0.211. The number of carbonyl (C=O) groups is 1. The topological polar surface area (TPSA) is 63.7 Å². The maximum Gasteiger partial charge on any atom is 0.338 e. The van der Waals surface area contributed by atoms with E-state index in [2.05, 4.69) is 0 Å². The first-order valence-electron chi connectivity index (χ1n) is 7.74. The van der Waals surface area contributed by atoms with Crippen LogP contribution in [0.15, 0.2) is 59.5 Å². The van der Waals surface area contributed by atoms with Gasteiger partial charge in [0.25, 0.3) is 0 Å². The molecule has 25 heavy (non-hydrogen) atoms. The summed E-state index contributed by atoms with van der Waals surface area (Å²) in [5.74, 6) is -0.550. The van der Waals surface area contributed by atoms with Crippen molar-refractivity contribution < 1.29 is 17.9 Å². The van der Waals surface area contributed by atoms with Gasteiger partial charge in [-0.3, -0.25) is 0 Å². The summed E-state index contributed by atoms with van der Waals surface area (Å²) in [5, 5.41) is 0. The highest BCUT2D eigenvalue weighted by molar-refractivity contribution is 7.89. The Balaban J connectivity index is 2.10. The fourth-order valence-electron chi connectivity index (χ4n) is 2.14. The zero-order chi connectivity index (χ0) is 18.4. The number of hydrogen-bond acceptors (Lipinski definition) is 4. The first-order chi connectivity index (χ1) is 11.8. The van der Waals surface area contributed by atoms with Crippen LogP contribution in [0.4, 0.5) is 0 Å². The minimum Gasteiger partial charge on any atom is -0.458 e. The van der Waals surface area contributed by atoms with Gasteiger partial charge in [-0.25, -0.2) is 17.5 Å². The van der Waals surface area contributed by atoms with Gasteiger partial charge in [-0.05, 0) is 36.3 Å². The number of benzene rings is 2. The second kappa shape index (κ2) is 8.09. The summed E-state index contributed by atoms with van der Waals surface area (Å²) in [4.78, 5) is 12.3. The quantitative estimate of drug-likeness (QED) is 0.744. The molecule has 5 nitrogen and oxygen atoms in total. The molecule has 0 atom stereocenters. The molecule has 6 heteroatoms.